The van der Waals surface area contributed by atoms with Crippen LogP contribution in [0.15, 0.2) is 42.5 Å². The molecule has 1 aliphatic carbocycles. The SMILES string of the molecule is CCCCCC.Cc1cc2c(C(C)C)cc(C(C)C)cc2[cH-]1.Cl.Cl.[C-]1=CC=CC1.[CH3-].[Si].[Zr+3]. The summed E-state index contributed by atoms with van der Waals surface area (Å²) in [4.78, 5) is 0. The van der Waals surface area contributed by atoms with Crippen molar-refractivity contribution in [3.8, 4) is 0 Å². The first-order valence-electron chi connectivity index (χ1n) is 10.8. The molecule has 0 saturated carbocycles. The number of fused-ring (bicyclic) bond motifs is 1. The van der Waals surface area contributed by atoms with Crippen LogP contribution >= 0.6 is 24.8 Å². The predicted octanol–water partition coefficient (Wildman–Crippen LogP) is 9.92. The monoisotopic (exact) mass is 569 g/mol. The fourth-order valence-corrected chi connectivity index (χ4v) is 3.17. The Hall–Kier alpha value is -0.0100. The van der Waals surface area contributed by atoms with Gasteiger partial charge in [-0.25, -0.2) is 12.2 Å². The molecule has 3 rings (SSSR count). The summed E-state index contributed by atoms with van der Waals surface area (Å²) < 4.78 is 0. The Labute approximate surface area is 236 Å². The van der Waals surface area contributed by atoms with Crippen LogP contribution in [0.3, 0.4) is 0 Å². The minimum atomic E-state index is 0. The van der Waals surface area contributed by atoms with Gasteiger partial charge in [0.05, 0.1) is 0 Å². The van der Waals surface area contributed by atoms with Crippen LogP contribution in [0.25, 0.3) is 10.8 Å². The van der Waals surface area contributed by atoms with Crippen molar-refractivity contribution < 1.29 is 26.2 Å². The Bertz CT molecular complexity index is 716. The van der Waals surface area contributed by atoms with Gasteiger partial charge in [-0.3, -0.25) is 6.08 Å². The molecule has 4 heteroatoms. The third-order valence-electron chi connectivity index (χ3n) is 4.85. The number of benzene rings is 1. The van der Waals surface area contributed by atoms with E-state index in [0.717, 1.165) is 6.42 Å². The van der Waals surface area contributed by atoms with Crippen LogP contribution in [0.2, 0.25) is 0 Å². The van der Waals surface area contributed by atoms with E-state index in [4.69, 9.17) is 0 Å². The molecule has 0 aromatic heterocycles. The first kappa shape index (κ1) is 42.2. The Morgan fingerprint density at radius 3 is 1.84 bits per heavy atom. The quantitative estimate of drug-likeness (QED) is 0.190. The molecule has 0 N–H and O–H groups in total. The van der Waals surface area contributed by atoms with E-state index in [-0.39, 0.29) is 69.4 Å². The molecule has 32 heavy (non-hydrogen) atoms. The number of rotatable bonds is 5. The van der Waals surface area contributed by atoms with Gasteiger partial charge in [0, 0.05) is 11.0 Å². The van der Waals surface area contributed by atoms with Crippen LogP contribution in [-0.2, 0) is 26.2 Å². The van der Waals surface area contributed by atoms with Gasteiger partial charge in [-0.15, -0.1) is 59.7 Å². The molecule has 1 aliphatic rings. The Kier molecular flexibility index (Phi) is 31.8. The van der Waals surface area contributed by atoms with E-state index >= 15 is 0 Å². The van der Waals surface area contributed by atoms with Gasteiger partial charge >= 0.3 is 26.2 Å². The number of hydrogen-bond acceptors (Lipinski definition) is 0. The molecular weight excluding hydrogens is 527 g/mol. The maximum atomic E-state index is 2.99. The van der Waals surface area contributed by atoms with Gasteiger partial charge in [0.15, 0.2) is 0 Å². The molecular formula is C28H45Cl2SiZr. The molecule has 0 atom stereocenters. The Morgan fingerprint density at radius 1 is 0.938 bits per heavy atom. The minimum absolute atomic E-state index is 0. The number of hydrogen-bond donors (Lipinski definition) is 0. The first-order chi connectivity index (χ1) is 12.9. The molecule has 0 nitrogen and oxygen atoms in total. The number of halogens is 2. The van der Waals surface area contributed by atoms with Crippen molar-refractivity contribution in [2.24, 2.45) is 0 Å². The number of aryl methyl sites for hydroxylation is 1. The zero-order chi connectivity index (χ0) is 20.2. The van der Waals surface area contributed by atoms with Gasteiger partial charge in [-0.1, -0.05) is 91.3 Å². The van der Waals surface area contributed by atoms with E-state index < -0.39 is 0 Å². The Morgan fingerprint density at radius 2 is 1.50 bits per heavy atom. The molecule has 0 saturated heterocycles. The van der Waals surface area contributed by atoms with Gasteiger partial charge in [-0.05, 0) is 11.8 Å². The third-order valence-corrected chi connectivity index (χ3v) is 4.85. The zero-order valence-electron chi connectivity index (χ0n) is 21.5. The van der Waals surface area contributed by atoms with Gasteiger partial charge in [0.2, 0.25) is 0 Å². The van der Waals surface area contributed by atoms with Gasteiger partial charge in [-0.2, -0.15) is 12.1 Å². The van der Waals surface area contributed by atoms with Crippen molar-refractivity contribution in [3.05, 3.63) is 72.7 Å². The molecule has 2 aromatic carbocycles. The van der Waals surface area contributed by atoms with Crippen LogP contribution in [0.5, 0.6) is 0 Å². The fraction of sp³-hybridized carbons (Fsp3) is 0.500. The Balaban J connectivity index is -0.000000130. The maximum absolute atomic E-state index is 2.99. The van der Waals surface area contributed by atoms with Crippen LogP contribution < -0.4 is 0 Å². The second kappa shape index (κ2) is 24.1. The van der Waals surface area contributed by atoms with Crippen molar-refractivity contribution >= 4 is 46.6 Å². The zero-order valence-corrected chi connectivity index (χ0v) is 26.6. The van der Waals surface area contributed by atoms with E-state index in [1.165, 1.54) is 53.1 Å². The van der Waals surface area contributed by atoms with E-state index in [1.54, 1.807) is 0 Å². The van der Waals surface area contributed by atoms with Crippen LogP contribution in [0.4, 0.5) is 0 Å². The predicted molar refractivity (Wildman–Crippen MR) is 151 cm³/mol. The van der Waals surface area contributed by atoms with Gasteiger partial charge < -0.3 is 7.43 Å². The summed E-state index contributed by atoms with van der Waals surface area (Å²) in [7, 11) is 0. The molecule has 179 valence electrons. The normalized spacial score (nSPS) is 10.4. The molecule has 0 spiro atoms. The van der Waals surface area contributed by atoms with Crippen molar-refractivity contribution in [3.63, 3.8) is 0 Å². The van der Waals surface area contributed by atoms with E-state index in [2.05, 4.69) is 84.9 Å². The average Bonchev–Trinajstić information content (AvgIpc) is 3.31. The molecule has 0 aliphatic heterocycles. The molecule has 2 aromatic rings. The summed E-state index contributed by atoms with van der Waals surface area (Å²) in [5, 5.41) is 2.85. The molecule has 0 unspecified atom stereocenters. The first-order valence-corrected chi connectivity index (χ1v) is 10.8. The summed E-state index contributed by atoms with van der Waals surface area (Å²) in [6, 6.07) is 9.35. The minimum Gasteiger partial charge on any atom is -0.358 e. The summed E-state index contributed by atoms with van der Waals surface area (Å²) in [6.07, 6.45) is 15.5. The van der Waals surface area contributed by atoms with E-state index in [9.17, 15) is 0 Å². The maximum Gasteiger partial charge on any atom is 3.00 e. The number of allylic oxidation sites excluding steroid dienone is 4. The van der Waals surface area contributed by atoms with Crippen molar-refractivity contribution in [2.45, 2.75) is 92.4 Å². The van der Waals surface area contributed by atoms with Gasteiger partial charge in [0.1, 0.15) is 0 Å². The van der Waals surface area contributed by atoms with Crippen molar-refractivity contribution in [1.82, 2.24) is 0 Å². The molecule has 5 radical (unpaired) electrons. The summed E-state index contributed by atoms with van der Waals surface area (Å²) in [6.45, 7) is 15.7. The van der Waals surface area contributed by atoms with Crippen LogP contribution in [-0.4, -0.2) is 11.0 Å². The summed E-state index contributed by atoms with van der Waals surface area (Å²) >= 11 is 0. The van der Waals surface area contributed by atoms with Gasteiger partial charge in [0.25, 0.3) is 0 Å². The molecule has 0 heterocycles. The summed E-state index contributed by atoms with van der Waals surface area (Å²) in [5.41, 5.74) is 4.33. The largest absolute Gasteiger partial charge is 3.00 e. The second-order valence-corrected chi connectivity index (χ2v) is 8.17. The second-order valence-electron chi connectivity index (χ2n) is 8.17. The average molecular weight is 572 g/mol. The smallest absolute Gasteiger partial charge is 0.358 e. The van der Waals surface area contributed by atoms with Crippen LogP contribution in [0.1, 0.15) is 102 Å². The standard InChI is InChI=1S/C16H21.C6H14.C5H5.CH3.2ClH.Si.Zr/c1-10(2)13-8-14-6-12(5)7-16(14)15(9-13)11(3)4;1-3-5-6-4-2;1-2-4-5-3-1;;;;;/h6-11H,1-5H3;3-6H2,1-2H3;1-3H,4H2;1H3;2*1H;;/q-1;;2*-1;;;;+3. The van der Waals surface area contributed by atoms with E-state index in [1.807, 2.05) is 12.2 Å². The summed E-state index contributed by atoms with van der Waals surface area (Å²) in [5.74, 6) is 1.21. The molecule has 0 bridgehead atoms. The topological polar surface area (TPSA) is 0 Å². The third kappa shape index (κ3) is 15.8. The van der Waals surface area contributed by atoms with Crippen molar-refractivity contribution in [2.75, 3.05) is 0 Å². The van der Waals surface area contributed by atoms with Crippen molar-refractivity contribution in [1.29, 1.82) is 0 Å². The fourth-order valence-electron chi connectivity index (χ4n) is 3.17. The number of unbranched alkanes of at least 4 members (excludes halogenated alkanes) is 3. The molecule has 0 amide bonds. The molecule has 0 fully saturated rings. The van der Waals surface area contributed by atoms with E-state index in [0.29, 0.717) is 11.8 Å². The van der Waals surface area contributed by atoms with Crippen LogP contribution in [0, 0.1) is 20.4 Å².